The summed E-state index contributed by atoms with van der Waals surface area (Å²) in [5.74, 6) is 1.15. The summed E-state index contributed by atoms with van der Waals surface area (Å²) in [5.41, 5.74) is 0.194. The third-order valence-electron chi connectivity index (χ3n) is 7.23. The van der Waals surface area contributed by atoms with E-state index in [1.165, 1.54) is 31.4 Å². The molecule has 0 saturated heterocycles. The van der Waals surface area contributed by atoms with Crippen molar-refractivity contribution in [3.63, 3.8) is 0 Å². The van der Waals surface area contributed by atoms with Gasteiger partial charge >= 0.3 is 0 Å². The Hall–Kier alpha value is -1.22. The third kappa shape index (κ3) is 8.13. The van der Waals surface area contributed by atoms with E-state index in [4.69, 9.17) is 0 Å². The second-order valence-electron chi connectivity index (χ2n) is 11.8. The van der Waals surface area contributed by atoms with Gasteiger partial charge in [0, 0.05) is 11.1 Å². The molecule has 0 fully saturated rings. The highest BCUT2D eigenvalue weighted by Crippen LogP contribution is 2.42. The Balaban J connectivity index is 2.62. The maximum atomic E-state index is 12.3. The van der Waals surface area contributed by atoms with Crippen LogP contribution in [0.15, 0.2) is 23.3 Å². The zero-order chi connectivity index (χ0) is 23.3. The number of hydrogen-bond donors (Lipinski definition) is 1. The zero-order valence-corrected chi connectivity index (χ0v) is 21.0. The predicted octanol–water partition coefficient (Wildman–Crippen LogP) is 6.84. The van der Waals surface area contributed by atoms with Gasteiger partial charge in [0.1, 0.15) is 0 Å². The van der Waals surface area contributed by atoms with Crippen LogP contribution in [0.4, 0.5) is 0 Å². The van der Waals surface area contributed by atoms with Crippen LogP contribution in [0.5, 0.6) is 0 Å². The highest BCUT2D eigenvalue weighted by molar-refractivity contribution is 6.19. The molecule has 0 saturated carbocycles. The Bertz CT molecular complexity index is 674. The minimum atomic E-state index is -0.904. The van der Waals surface area contributed by atoms with E-state index in [2.05, 4.69) is 48.5 Å². The minimum absolute atomic E-state index is 0.0690. The van der Waals surface area contributed by atoms with Crippen LogP contribution in [-0.4, -0.2) is 22.3 Å². The largest absolute Gasteiger partial charge is 0.390 e. The number of carbonyl (C=O) groups is 2. The maximum Gasteiger partial charge on any atom is 0.184 e. The van der Waals surface area contributed by atoms with E-state index in [9.17, 15) is 14.7 Å². The lowest BCUT2D eigenvalue weighted by Crippen LogP contribution is -2.42. The number of rotatable bonds is 12. The molecular formula is C27H46O3. The quantitative estimate of drug-likeness (QED) is 0.353. The molecule has 1 aliphatic rings. The molecule has 1 aliphatic carbocycles. The van der Waals surface area contributed by atoms with Crippen molar-refractivity contribution in [2.24, 2.45) is 22.7 Å². The van der Waals surface area contributed by atoms with Crippen LogP contribution < -0.4 is 0 Å². The molecule has 1 unspecified atom stereocenters. The van der Waals surface area contributed by atoms with Crippen LogP contribution in [0.1, 0.15) is 107 Å². The van der Waals surface area contributed by atoms with Crippen LogP contribution in [-0.2, 0) is 9.59 Å². The minimum Gasteiger partial charge on any atom is -0.390 e. The van der Waals surface area contributed by atoms with E-state index < -0.39 is 5.60 Å². The average Bonchev–Trinajstić information content (AvgIpc) is 2.60. The highest BCUT2D eigenvalue weighted by Gasteiger charge is 2.39. The molecule has 30 heavy (non-hydrogen) atoms. The standard InChI is InChI=1S/C27H46O3/c1-19(2)10-13-25(5,6)18-20(3)11-14-26(7,8)27(9,30)15-12-22-17-23(28)16-21(4)24(22)29/h16-17,19-20,30H,10-15,18H2,1-9H3/t20-,27?/m0/s1. The topological polar surface area (TPSA) is 54.4 Å². The number of Topliss-reactive ketones (excluding diaryl/α,β-unsaturated/α-hetero) is 1. The van der Waals surface area contributed by atoms with Gasteiger partial charge in [-0.25, -0.2) is 0 Å². The van der Waals surface area contributed by atoms with Crippen LogP contribution in [0.3, 0.4) is 0 Å². The Labute approximate surface area is 185 Å². The summed E-state index contributed by atoms with van der Waals surface area (Å²) in [7, 11) is 0. The molecule has 0 aliphatic heterocycles. The lowest BCUT2D eigenvalue weighted by molar-refractivity contribution is -0.115. The van der Waals surface area contributed by atoms with Crippen molar-refractivity contribution in [2.45, 2.75) is 113 Å². The molecule has 3 nitrogen and oxygen atoms in total. The van der Waals surface area contributed by atoms with Gasteiger partial charge < -0.3 is 5.11 Å². The lowest BCUT2D eigenvalue weighted by atomic mass is 9.68. The van der Waals surface area contributed by atoms with Crippen molar-refractivity contribution in [3.8, 4) is 0 Å². The molecule has 0 bridgehead atoms. The molecule has 0 heterocycles. The third-order valence-corrected chi connectivity index (χ3v) is 7.23. The van der Waals surface area contributed by atoms with E-state index in [0.717, 1.165) is 18.8 Å². The summed E-state index contributed by atoms with van der Waals surface area (Å²) in [6, 6.07) is 0. The van der Waals surface area contributed by atoms with Crippen LogP contribution >= 0.6 is 0 Å². The smallest absolute Gasteiger partial charge is 0.184 e. The summed E-state index contributed by atoms with van der Waals surface area (Å²) in [4.78, 5) is 24.1. The van der Waals surface area contributed by atoms with Crippen molar-refractivity contribution in [1.29, 1.82) is 0 Å². The normalized spacial score (nSPS) is 18.9. The van der Waals surface area contributed by atoms with Crippen molar-refractivity contribution in [1.82, 2.24) is 0 Å². The first-order chi connectivity index (χ1) is 13.6. The van der Waals surface area contributed by atoms with E-state index in [1.807, 2.05) is 6.92 Å². The number of carbonyl (C=O) groups excluding carboxylic acids is 2. The molecule has 172 valence electrons. The fraction of sp³-hybridized carbons (Fsp3) is 0.778. The van der Waals surface area contributed by atoms with E-state index in [-0.39, 0.29) is 17.0 Å². The van der Waals surface area contributed by atoms with Gasteiger partial charge in [0.2, 0.25) is 0 Å². The summed E-state index contributed by atoms with van der Waals surface area (Å²) in [6.45, 7) is 19.5. The summed E-state index contributed by atoms with van der Waals surface area (Å²) >= 11 is 0. The fourth-order valence-electron chi connectivity index (χ4n) is 4.42. The first kappa shape index (κ1) is 26.8. The molecule has 2 atom stereocenters. The molecular weight excluding hydrogens is 372 g/mol. The SMILES string of the molecule is CC1=CC(=O)C=C(CCC(C)(O)C(C)(C)CC[C@H](C)CC(C)(C)CCC(C)C)C1=O. The molecule has 0 radical (unpaired) electrons. The van der Waals surface area contributed by atoms with Gasteiger partial charge in [0.05, 0.1) is 5.60 Å². The zero-order valence-electron chi connectivity index (χ0n) is 21.0. The molecule has 1 rings (SSSR count). The number of ketones is 2. The van der Waals surface area contributed by atoms with Crippen molar-refractivity contribution in [3.05, 3.63) is 23.3 Å². The highest BCUT2D eigenvalue weighted by atomic mass is 16.3. The predicted molar refractivity (Wildman–Crippen MR) is 126 cm³/mol. The Kier molecular flexibility index (Phi) is 9.29. The number of aliphatic hydroxyl groups is 1. The second-order valence-corrected chi connectivity index (χ2v) is 11.8. The maximum absolute atomic E-state index is 12.3. The molecule has 0 aromatic heterocycles. The molecule has 0 amide bonds. The first-order valence-corrected chi connectivity index (χ1v) is 11.8. The van der Waals surface area contributed by atoms with Gasteiger partial charge in [0.15, 0.2) is 11.6 Å². The van der Waals surface area contributed by atoms with Gasteiger partial charge in [-0.15, -0.1) is 0 Å². The van der Waals surface area contributed by atoms with Gasteiger partial charge in [0.25, 0.3) is 0 Å². The summed E-state index contributed by atoms with van der Waals surface area (Å²) in [6.07, 6.45) is 9.47. The van der Waals surface area contributed by atoms with Gasteiger partial charge in [-0.3, -0.25) is 9.59 Å². The van der Waals surface area contributed by atoms with E-state index in [0.29, 0.717) is 35.3 Å². The first-order valence-electron chi connectivity index (χ1n) is 11.8. The fourth-order valence-corrected chi connectivity index (χ4v) is 4.42. The molecule has 0 spiro atoms. The van der Waals surface area contributed by atoms with Crippen LogP contribution in [0.25, 0.3) is 0 Å². The summed E-state index contributed by atoms with van der Waals surface area (Å²) < 4.78 is 0. The second kappa shape index (κ2) is 10.4. The average molecular weight is 419 g/mol. The van der Waals surface area contributed by atoms with Gasteiger partial charge in [-0.05, 0) is 80.8 Å². The monoisotopic (exact) mass is 418 g/mol. The van der Waals surface area contributed by atoms with Gasteiger partial charge in [-0.2, -0.15) is 0 Å². The van der Waals surface area contributed by atoms with Crippen LogP contribution in [0.2, 0.25) is 0 Å². The summed E-state index contributed by atoms with van der Waals surface area (Å²) in [5, 5.41) is 11.2. The van der Waals surface area contributed by atoms with E-state index >= 15 is 0 Å². The Morgan fingerprint density at radius 1 is 0.900 bits per heavy atom. The van der Waals surface area contributed by atoms with Crippen molar-refractivity contribution in [2.75, 3.05) is 0 Å². The van der Waals surface area contributed by atoms with Crippen molar-refractivity contribution >= 4 is 11.6 Å². The van der Waals surface area contributed by atoms with Gasteiger partial charge in [-0.1, -0.05) is 61.3 Å². The molecule has 1 N–H and O–H groups in total. The Morgan fingerprint density at radius 3 is 2.07 bits per heavy atom. The lowest BCUT2D eigenvalue weighted by Gasteiger charge is -2.41. The van der Waals surface area contributed by atoms with E-state index in [1.54, 1.807) is 6.92 Å². The molecule has 0 aromatic carbocycles. The number of hydrogen-bond acceptors (Lipinski definition) is 3. The molecule has 0 aromatic rings. The Morgan fingerprint density at radius 2 is 1.50 bits per heavy atom. The van der Waals surface area contributed by atoms with Crippen molar-refractivity contribution < 1.29 is 14.7 Å². The number of allylic oxidation sites excluding steroid dienone is 4. The van der Waals surface area contributed by atoms with Crippen LogP contribution in [0, 0.1) is 22.7 Å². The molecule has 3 heteroatoms.